The summed E-state index contributed by atoms with van der Waals surface area (Å²) in [6.45, 7) is 12.1. The summed E-state index contributed by atoms with van der Waals surface area (Å²) in [5.74, 6) is -1.52. The van der Waals surface area contributed by atoms with Crippen LogP contribution in [0.5, 0.6) is 0 Å². The Morgan fingerprint density at radius 3 is 2.35 bits per heavy atom. The van der Waals surface area contributed by atoms with Crippen molar-refractivity contribution < 1.29 is 14.7 Å². The van der Waals surface area contributed by atoms with E-state index in [1.54, 1.807) is 18.5 Å². The van der Waals surface area contributed by atoms with Crippen molar-refractivity contribution in [1.82, 2.24) is 4.98 Å². The van der Waals surface area contributed by atoms with Gasteiger partial charge in [0, 0.05) is 23.6 Å². The summed E-state index contributed by atoms with van der Waals surface area (Å²) >= 11 is 0. The average Bonchev–Trinajstić information content (AvgIpc) is 3.06. The van der Waals surface area contributed by atoms with Gasteiger partial charge in [-0.2, -0.15) is 0 Å². The molecule has 3 aromatic rings. The lowest BCUT2D eigenvalue weighted by Gasteiger charge is -2.27. The minimum Gasteiger partial charge on any atom is -0.507 e. The van der Waals surface area contributed by atoms with Crippen LogP contribution in [0.1, 0.15) is 60.2 Å². The molecule has 0 spiro atoms. The fraction of sp³-hybridized carbons (Fsp3) is 0.276. The Morgan fingerprint density at radius 2 is 1.71 bits per heavy atom. The van der Waals surface area contributed by atoms with Gasteiger partial charge in [0.1, 0.15) is 5.76 Å². The van der Waals surface area contributed by atoms with Crippen molar-refractivity contribution in [1.29, 1.82) is 0 Å². The number of benzene rings is 2. The molecule has 2 aromatic carbocycles. The Labute approximate surface area is 200 Å². The molecule has 1 aromatic heterocycles. The number of aromatic nitrogens is 1. The third-order valence-electron chi connectivity index (χ3n) is 6.64. The van der Waals surface area contributed by atoms with Crippen LogP contribution in [0.2, 0.25) is 0 Å². The Bertz CT molecular complexity index is 1320. The number of Topliss-reactive ketones (excluding diaryl/α,β-unsaturated/α-hetero) is 1. The predicted molar refractivity (Wildman–Crippen MR) is 135 cm³/mol. The molecular weight excluding hydrogens is 424 g/mol. The topological polar surface area (TPSA) is 70.5 Å². The molecule has 1 amide bonds. The van der Waals surface area contributed by atoms with E-state index in [1.165, 1.54) is 4.90 Å². The van der Waals surface area contributed by atoms with Crippen LogP contribution in [0.3, 0.4) is 0 Å². The van der Waals surface area contributed by atoms with Gasteiger partial charge in [0.25, 0.3) is 11.7 Å². The van der Waals surface area contributed by atoms with Crippen molar-refractivity contribution >= 4 is 23.1 Å². The first-order valence-electron chi connectivity index (χ1n) is 11.4. The summed E-state index contributed by atoms with van der Waals surface area (Å²) in [5, 5.41) is 11.6. The van der Waals surface area contributed by atoms with E-state index < -0.39 is 17.7 Å². The lowest BCUT2D eigenvalue weighted by atomic mass is 9.84. The Kier molecular flexibility index (Phi) is 5.90. The molecule has 5 heteroatoms. The zero-order valence-electron chi connectivity index (χ0n) is 20.5. The molecule has 0 bridgehead atoms. The normalized spacial score (nSPS) is 17.9. The van der Waals surface area contributed by atoms with Crippen LogP contribution >= 0.6 is 0 Å². The Morgan fingerprint density at radius 1 is 0.971 bits per heavy atom. The van der Waals surface area contributed by atoms with E-state index in [4.69, 9.17) is 0 Å². The number of hydrogen-bond donors (Lipinski definition) is 1. The number of nitrogens with zero attached hydrogens (tertiary/aromatic N) is 2. The summed E-state index contributed by atoms with van der Waals surface area (Å²) < 4.78 is 0. The van der Waals surface area contributed by atoms with Crippen LogP contribution < -0.4 is 4.90 Å². The van der Waals surface area contributed by atoms with Gasteiger partial charge < -0.3 is 5.11 Å². The highest BCUT2D eigenvalue weighted by molar-refractivity contribution is 6.51. The van der Waals surface area contributed by atoms with E-state index in [1.807, 2.05) is 63.2 Å². The van der Waals surface area contributed by atoms with E-state index in [2.05, 4.69) is 25.8 Å². The van der Waals surface area contributed by atoms with Gasteiger partial charge >= 0.3 is 0 Å². The third-order valence-corrected chi connectivity index (χ3v) is 6.64. The second-order valence-corrected chi connectivity index (χ2v) is 9.95. The van der Waals surface area contributed by atoms with Gasteiger partial charge in [0.15, 0.2) is 0 Å². The van der Waals surface area contributed by atoms with Gasteiger partial charge in [0.05, 0.1) is 11.6 Å². The molecular formula is C29H30N2O3. The highest BCUT2D eigenvalue weighted by atomic mass is 16.3. The van der Waals surface area contributed by atoms with Crippen molar-refractivity contribution in [3.8, 4) is 0 Å². The van der Waals surface area contributed by atoms with E-state index in [-0.39, 0.29) is 16.7 Å². The largest absolute Gasteiger partial charge is 0.507 e. The zero-order valence-corrected chi connectivity index (χ0v) is 20.5. The number of rotatable bonds is 3. The lowest BCUT2D eigenvalue weighted by Crippen LogP contribution is -2.30. The molecule has 1 atom stereocenters. The van der Waals surface area contributed by atoms with Crippen molar-refractivity contribution in [2.45, 2.75) is 53.0 Å². The molecule has 174 valence electrons. The highest BCUT2D eigenvalue weighted by Crippen LogP contribution is 2.43. The Balaban J connectivity index is 2.00. The maximum atomic E-state index is 13.4. The summed E-state index contributed by atoms with van der Waals surface area (Å²) in [4.78, 5) is 32.6. The molecule has 1 N–H and O–H groups in total. The minimum atomic E-state index is -0.785. The third kappa shape index (κ3) is 3.92. The number of anilines is 1. The van der Waals surface area contributed by atoms with Gasteiger partial charge in [-0.15, -0.1) is 0 Å². The molecule has 1 aliphatic heterocycles. The van der Waals surface area contributed by atoms with E-state index >= 15 is 0 Å². The molecule has 0 saturated carbocycles. The van der Waals surface area contributed by atoms with E-state index in [9.17, 15) is 14.7 Å². The van der Waals surface area contributed by atoms with Gasteiger partial charge in [0.2, 0.25) is 0 Å². The second-order valence-electron chi connectivity index (χ2n) is 9.95. The molecule has 1 saturated heterocycles. The highest BCUT2D eigenvalue weighted by Gasteiger charge is 2.47. The van der Waals surface area contributed by atoms with E-state index in [0.717, 1.165) is 22.3 Å². The molecule has 0 aliphatic carbocycles. The molecule has 1 aliphatic rings. The van der Waals surface area contributed by atoms with Crippen molar-refractivity contribution in [3.63, 3.8) is 0 Å². The molecule has 2 heterocycles. The monoisotopic (exact) mass is 454 g/mol. The smallest absolute Gasteiger partial charge is 0.300 e. The standard InChI is InChI=1S/C29H30N2O3/c1-17-9-7-11-23(19(17)3)31-25(20-10-8-14-30-16-20)24(27(33)28(31)34)26(32)22-15-21(29(4,5)6)13-12-18(22)2/h7-16,25,32H,1-6H3/b26-24+. The number of aryl methyl sites for hydroxylation is 2. The SMILES string of the molecule is Cc1ccc(C(C)(C)C)cc1/C(O)=C1\C(=O)C(=O)N(c2cccc(C)c2C)C1c1cccnc1. The molecule has 34 heavy (non-hydrogen) atoms. The van der Waals surface area contributed by atoms with E-state index in [0.29, 0.717) is 16.8 Å². The predicted octanol–water partition coefficient (Wildman–Crippen LogP) is 5.93. The van der Waals surface area contributed by atoms with Gasteiger partial charge in [-0.1, -0.05) is 51.1 Å². The number of amides is 1. The summed E-state index contributed by atoms with van der Waals surface area (Å²) in [6, 6.07) is 14.4. The number of hydrogen-bond acceptors (Lipinski definition) is 4. The zero-order chi connectivity index (χ0) is 24.8. The van der Waals surface area contributed by atoms with Gasteiger partial charge in [-0.25, -0.2) is 0 Å². The van der Waals surface area contributed by atoms with Crippen molar-refractivity contribution in [2.75, 3.05) is 4.90 Å². The first-order chi connectivity index (χ1) is 16.0. The Hall–Kier alpha value is -3.73. The molecule has 1 fully saturated rings. The number of aliphatic hydroxyl groups excluding tert-OH is 1. The van der Waals surface area contributed by atoms with Gasteiger partial charge in [-0.3, -0.25) is 19.5 Å². The average molecular weight is 455 g/mol. The van der Waals surface area contributed by atoms with Crippen molar-refractivity contribution in [3.05, 3.63) is 99.9 Å². The lowest BCUT2D eigenvalue weighted by molar-refractivity contribution is -0.132. The first-order valence-corrected chi connectivity index (χ1v) is 11.4. The van der Waals surface area contributed by atoms with Gasteiger partial charge in [-0.05, 0) is 72.2 Å². The molecule has 1 unspecified atom stereocenters. The van der Waals surface area contributed by atoms with Crippen LogP contribution in [0, 0.1) is 20.8 Å². The maximum absolute atomic E-state index is 13.4. The molecule has 0 radical (unpaired) electrons. The van der Waals surface area contributed by atoms with Crippen LogP contribution in [0.4, 0.5) is 5.69 Å². The number of carbonyl (C=O) groups is 2. The summed E-state index contributed by atoms with van der Waals surface area (Å²) in [6.07, 6.45) is 3.28. The molecule has 4 rings (SSSR count). The number of ketones is 1. The number of aliphatic hydroxyl groups is 1. The quantitative estimate of drug-likeness (QED) is 0.302. The summed E-state index contributed by atoms with van der Waals surface area (Å²) in [5.41, 5.74) is 5.57. The van der Waals surface area contributed by atoms with Crippen LogP contribution in [0.25, 0.3) is 5.76 Å². The fourth-order valence-electron chi connectivity index (χ4n) is 4.42. The summed E-state index contributed by atoms with van der Waals surface area (Å²) in [7, 11) is 0. The minimum absolute atomic E-state index is 0.0769. The molecule has 5 nitrogen and oxygen atoms in total. The van der Waals surface area contributed by atoms with Crippen molar-refractivity contribution in [2.24, 2.45) is 0 Å². The number of pyridine rings is 1. The van der Waals surface area contributed by atoms with Crippen LogP contribution in [-0.4, -0.2) is 21.8 Å². The second kappa shape index (κ2) is 8.56. The van der Waals surface area contributed by atoms with Crippen LogP contribution in [0.15, 0.2) is 66.5 Å². The first kappa shape index (κ1) is 23.4. The number of carbonyl (C=O) groups excluding carboxylic acids is 2. The fourth-order valence-corrected chi connectivity index (χ4v) is 4.42. The van der Waals surface area contributed by atoms with Crippen LogP contribution in [-0.2, 0) is 15.0 Å². The maximum Gasteiger partial charge on any atom is 0.300 e.